The van der Waals surface area contributed by atoms with Gasteiger partial charge in [0, 0.05) is 26.2 Å². The lowest BCUT2D eigenvalue weighted by Crippen LogP contribution is -2.58. The van der Waals surface area contributed by atoms with E-state index in [-0.39, 0.29) is 23.9 Å². The SMILES string of the molecule is CCS(=O)(=O)N1CCC(C(=O)N2CC(C)OC(C)C2)(c2ccccc2)CC1. The first kappa shape index (κ1) is 20.3. The van der Waals surface area contributed by atoms with Crippen molar-refractivity contribution in [3.05, 3.63) is 35.9 Å². The third-order valence-electron chi connectivity index (χ3n) is 5.78. The normalized spacial score (nSPS) is 26.7. The summed E-state index contributed by atoms with van der Waals surface area (Å²) in [6, 6.07) is 9.83. The zero-order valence-electron chi connectivity index (χ0n) is 16.4. The van der Waals surface area contributed by atoms with Gasteiger partial charge in [-0.2, -0.15) is 0 Å². The summed E-state index contributed by atoms with van der Waals surface area (Å²) in [5.41, 5.74) is 0.313. The Hall–Kier alpha value is -1.44. The van der Waals surface area contributed by atoms with Crippen molar-refractivity contribution in [2.24, 2.45) is 0 Å². The minimum Gasteiger partial charge on any atom is -0.372 e. The van der Waals surface area contributed by atoms with Crippen LogP contribution >= 0.6 is 0 Å². The molecule has 0 aromatic heterocycles. The lowest BCUT2D eigenvalue weighted by molar-refractivity contribution is -0.150. The number of carbonyl (C=O) groups is 1. The molecule has 2 aliphatic heterocycles. The molecule has 0 spiro atoms. The Morgan fingerprint density at radius 3 is 2.19 bits per heavy atom. The van der Waals surface area contributed by atoms with E-state index < -0.39 is 15.4 Å². The van der Waals surface area contributed by atoms with Gasteiger partial charge < -0.3 is 9.64 Å². The average molecular weight is 395 g/mol. The maximum absolute atomic E-state index is 13.7. The number of carbonyl (C=O) groups excluding carboxylic acids is 1. The molecule has 2 atom stereocenters. The highest BCUT2D eigenvalue weighted by Gasteiger charge is 2.47. The first-order valence-corrected chi connectivity index (χ1v) is 11.4. The van der Waals surface area contributed by atoms with Gasteiger partial charge in [0.15, 0.2) is 0 Å². The van der Waals surface area contributed by atoms with Crippen molar-refractivity contribution in [3.8, 4) is 0 Å². The van der Waals surface area contributed by atoms with Crippen molar-refractivity contribution in [2.75, 3.05) is 31.9 Å². The van der Waals surface area contributed by atoms with Crippen LogP contribution in [0.5, 0.6) is 0 Å². The smallest absolute Gasteiger partial charge is 0.233 e. The first-order chi connectivity index (χ1) is 12.8. The third-order valence-corrected chi connectivity index (χ3v) is 7.66. The summed E-state index contributed by atoms with van der Waals surface area (Å²) in [7, 11) is -3.23. The molecule has 150 valence electrons. The molecule has 7 heteroatoms. The number of sulfonamides is 1. The molecule has 0 N–H and O–H groups in total. The number of hydrogen-bond acceptors (Lipinski definition) is 4. The number of morpholine rings is 1. The van der Waals surface area contributed by atoms with Gasteiger partial charge in [-0.05, 0) is 39.2 Å². The molecule has 2 aliphatic rings. The molecule has 1 aromatic rings. The van der Waals surface area contributed by atoms with Crippen molar-refractivity contribution in [1.29, 1.82) is 0 Å². The molecule has 27 heavy (non-hydrogen) atoms. The minimum atomic E-state index is -3.23. The van der Waals surface area contributed by atoms with Gasteiger partial charge in [0.2, 0.25) is 15.9 Å². The van der Waals surface area contributed by atoms with Gasteiger partial charge in [-0.15, -0.1) is 0 Å². The summed E-state index contributed by atoms with van der Waals surface area (Å²) >= 11 is 0. The van der Waals surface area contributed by atoms with Crippen LogP contribution in [0.2, 0.25) is 0 Å². The van der Waals surface area contributed by atoms with Crippen LogP contribution in [0, 0.1) is 0 Å². The number of piperidine rings is 1. The Morgan fingerprint density at radius 1 is 1.11 bits per heavy atom. The predicted octanol–water partition coefficient (Wildman–Crippen LogP) is 2.01. The fourth-order valence-electron chi connectivity index (χ4n) is 4.36. The van der Waals surface area contributed by atoms with Gasteiger partial charge in [-0.1, -0.05) is 30.3 Å². The second-order valence-electron chi connectivity index (χ2n) is 7.72. The molecule has 2 heterocycles. The van der Waals surface area contributed by atoms with E-state index in [0.29, 0.717) is 39.0 Å². The van der Waals surface area contributed by atoms with E-state index in [1.807, 2.05) is 49.1 Å². The second kappa shape index (κ2) is 7.89. The quantitative estimate of drug-likeness (QED) is 0.783. The summed E-state index contributed by atoms with van der Waals surface area (Å²) in [6.45, 7) is 7.56. The molecular formula is C20H30N2O4S. The van der Waals surface area contributed by atoms with Gasteiger partial charge in [-0.3, -0.25) is 4.79 Å². The van der Waals surface area contributed by atoms with Crippen LogP contribution in [0.25, 0.3) is 0 Å². The number of amides is 1. The highest BCUT2D eigenvalue weighted by Crippen LogP contribution is 2.38. The van der Waals surface area contributed by atoms with E-state index in [4.69, 9.17) is 4.74 Å². The monoisotopic (exact) mass is 394 g/mol. The Labute approximate surface area is 162 Å². The topological polar surface area (TPSA) is 66.9 Å². The molecule has 2 unspecified atom stereocenters. The number of hydrogen-bond donors (Lipinski definition) is 0. The highest BCUT2D eigenvalue weighted by atomic mass is 32.2. The van der Waals surface area contributed by atoms with Crippen molar-refractivity contribution in [3.63, 3.8) is 0 Å². The van der Waals surface area contributed by atoms with Crippen LogP contribution in [0.4, 0.5) is 0 Å². The molecule has 1 aromatic carbocycles. The molecule has 3 rings (SSSR count). The van der Waals surface area contributed by atoms with Gasteiger partial charge in [0.05, 0.1) is 23.4 Å². The van der Waals surface area contributed by atoms with Gasteiger partial charge >= 0.3 is 0 Å². The largest absolute Gasteiger partial charge is 0.372 e. The summed E-state index contributed by atoms with van der Waals surface area (Å²) < 4.78 is 31.9. The maximum atomic E-state index is 13.7. The van der Waals surface area contributed by atoms with Crippen LogP contribution < -0.4 is 0 Å². The standard InChI is InChI=1S/C20H30N2O4S/c1-4-27(24,25)22-12-10-20(11-13-22,18-8-6-5-7-9-18)19(23)21-14-16(2)26-17(3)15-21/h5-9,16-17H,4,10-15H2,1-3H3. The molecule has 2 fully saturated rings. The maximum Gasteiger partial charge on any atom is 0.233 e. The van der Waals surface area contributed by atoms with Crippen LogP contribution in [0.15, 0.2) is 30.3 Å². The second-order valence-corrected chi connectivity index (χ2v) is 9.97. The Balaban J connectivity index is 1.90. The van der Waals surface area contributed by atoms with E-state index in [9.17, 15) is 13.2 Å². The van der Waals surface area contributed by atoms with Gasteiger partial charge in [0.1, 0.15) is 0 Å². The summed E-state index contributed by atoms with van der Waals surface area (Å²) in [6.07, 6.45) is 1.03. The molecular weight excluding hydrogens is 364 g/mol. The molecule has 0 aliphatic carbocycles. The fraction of sp³-hybridized carbons (Fsp3) is 0.650. The Kier molecular flexibility index (Phi) is 5.93. The van der Waals surface area contributed by atoms with Crippen LogP contribution in [-0.4, -0.2) is 67.7 Å². The van der Waals surface area contributed by atoms with Crippen LogP contribution in [0.1, 0.15) is 39.2 Å². The van der Waals surface area contributed by atoms with E-state index in [1.54, 1.807) is 6.92 Å². The van der Waals surface area contributed by atoms with E-state index >= 15 is 0 Å². The summed E-state index contributed by atoms with van der Waals surface area (Å²) in [5.74, 6) is 0.196. The average Bonchev–Trinajstić information content (AvgIpc) is 2.67. The van der Waals surface area contributed by atoms with E-state index in [1.165, 1.54) is 4.31 Å². The first-order valence-electron chi connectivity index (χ1n) is 9.76. The van der Waals surface area contributed by atoms with E-state index in [0.717, 1.165) is 5.56 Å². The number of benzene rings is 1. The fourth-order valence-corrected chi connectivity index (χ4v) is 5.46. The number of ether oxygens (including phenoxy) is 1. The molecule has 6 nitrogen and oxygen atoms in total. The van der Waals surface area contributed by atoms with Crippen molar-refractivity contribution >= 4 is 15.9 Å². The van der Waals surface area contributed by atoms with Gasteiger partial charge in [0.25, 0.3) is 0 Å². The molecule has 1 amide bonds. The number of rotatable bonds is 4. The molecule has 0 saturated carbocycles. The Bertz CT molecular complexity index is 747. The van der Waals surface area contributed by atoms with Crippen LogP contribution in [-0.2, 0) is 25.0 Å². The molecule has 0 bridgehead atoms. The summed E-state index contributed by atoms with van der Waals surface area (Å²) in [5, 5.41) is 0. The Morgan fingerprint density at radius 2 is 1.67 bits per heavy atom. The van der Waals surface area contributed by atoms with Crippen molar-refractivity contribution in [2.45, 2.75) is 51.2 Å². The zero-order valence-corrected chi connectivity index (χ0v) is 17.2. The predicted molar refractivity (Wildman–Crippen MR) is 105 cm³/mol. The van der Waals surface area contributed by atoms with Crippen molar-refractivity contribution in [1.82, 2.24) is 9.21 Å². The lowest BCUT2D eigenvalue weighted by atomic mass is 9.72. The van der Waals surface area contributed by atoms with Crippen molar-refractivity contribution < 1.29 is 17.9 Å². The molecule has 0 radical (unpaired) electrons. The highest BCUT2D eigenvalue weighted by molar-refractivity contribution is 7.89. The van der Waals surface area contributed by atoms with E-state index in [2.05, 4.69) is 0 Å². The zero-order chi connectivity index (χ0) is 19.7. The van der Waals surface area contributed by atoms with Gasteiger partial charge in [-0.25, -0.2) is 12.7 Å². The number of nitrogens with zero attached hydrogens (tertiary/aromatic N) is 2. The third kappa shape index (κ3) is 4.05. The lowest BCUT2D eigenvalue weighted by Gasteiger charge is -2.45. The molecule has 2 saturated heterocycles. The van der Waals surface area contributed by atoms with Crippen LogP contribution in [0.3, 0.4) is 0 Å². The minimum absolute atomic E-state index is 0.00563. The summed E-state index contributed by atoms with van der Waals surface area (Å²) in [4.78, 5) is 15.6.